The van der Waals surface area contributed by atoms with Crippen LogP contribution in [0.5, 0.6) is 0 Å². The summed E-state index contributed by atoms with van der Waals surface area (Å²) in [6.07, 6.45) is 2.71. The Morgan fingerprint density at radius 3 is 2.95 bits per heavy atom. The number of nitrogens with zero attached hydrogens (tertiary/aromatic N) is 3. The van der Waals surface area contributed by atoms with E-state index in [-0.39, 0.29) is 6.04 Å². The van der Waals surface area contributed by atoms with Crippen molar-refractivity contribution in [2.24, 2.45) is 5.73 Å². The largest absolute Gasteiger partial charge is 0.324 e. The van der Waals surface area contributed by atoms with Crippen LogP contribution in [0.2, 0.25) is 0 Å². The molecule has 0 radical (unpaired) electrons. The van der Waals surface area contributed by atoms with Gasteiger partial charge in [-0.3, -0.25) is 0 Å². The summed E-state index contributed by atoms with van der Waals surface area (Å²) in [6, 6.07) is 8.85. The van der Waals surface area contributed by atoms with E-state index in [0.29, 0.717) is 6.04 Å². The number of rotatable bonds is 4. The molecule has 1 aromatic heterocycles. The van der Waals surface area contributed by atoms with Crippen LogP contribution in [0.1, 0.15) is 42.4 Å². The molecule has 2 unspecified atom stereocenters. The van der Waals surface area contributed by atoms with Gasteiger partial charge >= 0.3 is 0 Å². The minimum atomic E-state index is 0.137. The van der Waals surface area contributed by atoms with Crippen molar-refractivity contribution in [2.75, 3.05) is 0 Å². The van der Waals surface area contributed by atoms with Gasteiger partial charge in [-0.2, -0.15) is 0 Å². The minimum Gasteiger partial charge on any atom is -0.324 e. The number of hydrogen-bond acceptors (Lipinski definition) is 4. The van der Waals surface area contributed by atoms with Gasteiger partial charge in [0.2, 0.25) is 0 Å². The maximum atomic E-state index is 6.17. The van der Waals surface area contributed by atoms with E-state index in [4.69, 9.17) is 5.73 Å². The zero-order valence-electron chi connectivity index (χ0n) is 11.1. The van der Waals surface area contributed by atoms with Gasteiger partial charge in [-0.1, -0.05) is 24.3 Å². The number of aryl methyl sites for hydroxylation is 1. The number of nitrogens with two attached hydrogens (primary N) is 1. The predicted molar refractivity (Wildman–Crippen MR) is 73.3 cm³/mol. The van der Waals surface area contributed by atoms with E-state index < -0.39 is 0 Å². The molecule has 0 aliphatic heterocycles. The molecule has 0 fully saturated rings. The standard InChI is InChI=1S/C14H19N5/c1-2-19-9-17-18-14(19)8-16-13-7-12(15)10-5-3-4-6-11(10)13/h3-6,9,12-13,16H,2,7-8,15H2,1H3. The quantitative estimate of drug-likeness (QED) is 0.871. The molecular formula is C14H19N5. The van der Waals surface area contributed by atoms with Gasteiger partial charge in [-0.15, -0.1) is 10.2 Å². The minimum absolute atomic E-state index is 0.137. The summed E-state index contributed by atoms with van der Waals surface area (Å²) in [7, 11) is 0. The lowest BCUT2D eigenvalue weighted by Crippen LogP contribution is -2.21. The van der Waals surface area contributed by atoms with Gasteiger partial charge in [-0.05, 0) is 24.5 Å². The lowest BCUT2D eigenvalue weighted by molar-refractivity contribution is 0.481. The number of fused-ring (bicyclic) bond motifs is 1. The van der Waals surface area contributed by atoms with Crippen molar-refractivity contribution in [3.8, 4) is 0 Å². The maximum absolute atomic E-state index is 6.17. The maximum Gasteiger partial charge on any atom is 0.146 e. The molecule has 1 aliphatic carbocycles. The van der Waals surface area contributed by atoms with Gasteiger partial charge in [-0.25, -0.2) is 0 Å². The summed E-state index contributed by atoms with van der Waals surface area (Å²) in [4.78, 5) is 0. The van der Waals surface area contributed by atoms with Crippen molar-refractivity contribution in [1.82, 2.24) is 20.1 Å². The van der Waals surface area contributed by atoms with Crippen molar-refractivity contribution >= 4 is 0 Å². The van der Waals surface area contributed by atoms with Crippen LogP contribution >= 0.6 is 0 Å². The SMILES string of the molecule is CCn1cnnc1CNC1CC(N)c2ccccc21. The molecule has 2 aromatic rings. The Labute approximate surface area is 112 Å². The molecule has 19 heavy (non-hydrogen) atoms. The molecule has 3 rings (SSSR count). The van der Waals surface area contributed by atoms with Gasteiger partial charge in [0.25, 0.3) is 0 Å². The fourth-order valence-corrected chi connectivity index (χ4v) is 2.76. The molecule has 5 heteroatoms. The first kappa shape index (κ1) is 12.3. The molecule has 1 aromatic carbocycles. The summed E-state index contributed by atoms with van der Waals surface area (Å²) in [5.74, 6) is 0.973. The van der Waals surface area contributed by atoms with E-state index in [0.717, 1.165) is 25.3 Å². The van der Waals surface area contributed by atoms with E-state index in [1.165, 1.54) is 11.1 Å². The average Bonchev–Trinajstić information content (AvgIpc) is 3.02. The summed E-state index contributed by atoms with van der Waals surface area (Å²) >= 11 is 0. The Morgan fingerprint density at radius 1 is 1.37 bits per heavy atom. The lowest BCUT2D eigenvalue weighted by Gasteiger charge is -2.13. The van der Waals surface area contributed by atoms with Crippen molar-refractivity contribution < 1.29 is 0 Å². The third-order valence-electron chi connectivity index (χ3n) is 3.80. The van der Waals surface area contributed by atoms with Gasteiger partial charge in [0, 0.05) is 18.6 Å². The van der Waals surface area contributed by atoms with Crippen LogP contribution in [0.25, 0.3) is 0 Å². The Morgan fingerprint density at radius 2 is 2.16 bits per heavy atom. The molecule has 0 amide bonds. The highest BCUT2D eigenvalue weighted by Gasteiger charge is 2.27. The molecule has 100 valence electrons. The van der Waals surface area contributed by atoms with Gasteiger partial charge in [0.15, 0.2) is 0 Å². The molecule has 0 saturated carbocycles. The van der Waals surface area contributed by atoms with Crippen LogP contribution in [0, 0.1) is 0 Å². The molecular weight excluding hydrogens is 238 g/mol. The third kappa shape index (κ3) is 2.27. The second-order valence-electron chi connectivity index (χ2n) is 4.94. The molecule has 0 bridgehead atoms. The first-order valence-electron chi connectivity index (χ1n) is 6.74. The van der Waals surface area contributed by atoms with Crippen LogP contribution in [-0.2, 0) is 13.1 Å². The van der Waals surface area contributed by atoms with Crippen molar-refractivity contribution in [3.05, 3.63) is 47.5 Å². The van der Waals surface area contributed by atoms with Crippen molar-refractivity contribution in [2.45, 2.75) is 38.5 Å². The molecule has 1 aliphatic rings. The Bertz CT molecular complexity index is 562. The lowest BCUT2D eigenvalue weighted by atomic mass is 10.1. The second kappa shape index (κ2) is 5.11. The number of aromatic nitrogens is 3. The molecule has 2 atom stereocenters. The van der Waals surface area contributed by atoms with Crippen molar-refractivity contribution in [1.29, 1.82) is 0 Å². The van der Waals surface area contributed by atoms with E-state index in [1.54, 1.807) is 6.33 Å². The van der Waals surface area contributed by atoms with E-state index in [9.17, 15) is 0 Å². The predicted octanol–water partition coefficient (Wildman–Crippen LogP) is 1.53. The Hall–Kier alpha value is -1.72. The van der Waals surface area contributed by atoms with E-state index in [2.05, 4.69) is 46.7 Å². The summed E-state index contributed by atoms with van der Waals surface area (Å²) in [6.45, 7) is 3.71. The fraction of sp³-hybridized carbons (Fsp3) is 0.429. The number of nitrogens with one attached hydrogen (secondary N) is 1. The van der Waals surface area contributed by atoms with Gasteiger partial charge in [0.1, 0.15) is 12.2 Å². The van der Waals surface area contributed by atoms with Gasteiger partial charge in [0.05, 0.1) is 6.54 Å². The number of benzene rings is 1. The van der Waals surface area contributed by atoms with E-state index in [1.807, 2.05) is 4.57 Å². The molecule has 0 saturated heterocycles. The highest BCUT2D eigenvalue weighted by molar-refractivity contribution is 5.37. The highest BCUT2D eigenvalue weighted by atomic mass is 15.3. The average molecular weight is 257 g/mol. The first-order chi connectivity index (χ1) is 9.29. The second-order valence-corrected chi connectivity index (χ2v) is 4.94. The topological polar surface area (TPSA) is 68.8 Å². The molecule has 1 heterocycles. The smallest absolute Gasteiger partial charge is 0.146 e. The zero-order valence-corrected chi connectivity index (χ0v) is 11.1. The zero-order chi connectivity index (χ0) is 13.2. The van der Waals surface area contributed by atoms with Crippen LogP contribution in [0.15, 0.2) is 30.6 Å². The fourth-order valence-electron chi connectivity index (χ4n) is 2.76. The third-order valence-corrected chi connectivity index (χ3v) is 3.80. The molecule has 3 N–H and O–H groups in total. The Balaban J connectivity index is 1.72. The normalized spacial score (nSPS) is 21.6. The monoisotopic (exact) mass is 257 g/mol. The van der Waals surface area contributed by atoms with Gasteiger partial charge < -0.3 is 15.6 Å². The highest BCUT2D eigenvalue weighted by Crippen LogP contribution is 2.36. The van der Waals surface area contributed by atoms with Crippen molar-refractivity contribution in [3.63, 3.8) is 0 Å². The summed E-state index contributed by atoms with van der Waals surface area (Å²) in [5.41, 5.74) is 8.75. The molecule has 0 spiro atoms. The summed E-state index contributed by atoms with van der Waals surface area (Å²) < 4.78 is 2.05. The van der Waals surface area contributed by atoms with E-state index >= 15 is 0 Å². The van der Waals surface area contributed by atoms with Crippen LogP contribution in [-0.4, -0.2) is 14.8 Å². The number of hydrogen-bond donors (Lipinski definition) is 2. The first-order valence-corrected chi connectivity index (χ1v) is 6.74. The molecule has 5 nitrogen and oxygen atoms in total. The van der Waals surface area contributed by atoms with Crippen LogP contribution in [0.3, 0.4) is 0 Å². The van der Waals surface area contributed by atoms with Crippen LogP contribution in [0.4, 0.5) is 0 Å². The van der Waals surface area contributed by atoms with Crippen LogP contribution < -0.4 is 11.1 Å². The Kier molecular flexibility index (Phi) is 3.31. The summed E-state index contributed by atoms with van der Waals surface area (Å²) in [5, 5.41) is 11.6.